The molecule has 6 nitrogen and oxygen atoms in total. The maximum atomic E-state index is 12.8. The zero-order chi connectivity index (χ0) is 23.8. The zero-order valence-corrected chi connectivity index (χ0v) is 19.9. The molecule has 7 heteroatoms. The van der Waals surface area contributed by atoms with Crippen LogP contribution in [0.1, 0.15) is 60.9 Å². The van der Waals surface area contributed by atoms with Gasteiger partial charge < -0.3 is 9.67 Å². The predicted molar refractivity (Wildman–Crippen MR) is 136 cm³/mol. The molecule has 34 heavy (non-hydrogen) atoms. The molecule has 0 radical (unpaired) electrons. The highest BCUT2D eigenvalue weighted by molar-refractivity contribution is 7.15. The molecule has 0 fully saturated rings. The number of aromatic carboxylic acids is 1. The number of fused-ring (bicyclic) bond motifs is 2. The fourth-order valence-corrected chi connectivity index (χ4v) is 6.30. The number of nitrogens with one attached hydrogen (secondary N) is 1. The largest absolute Gasteiger partial charge is 0.478 e. The van der Waals surface area contributed by atoms with Crippen molar-refractivity contribution in [1.82, 2.24) is 9.99 Å². The minimum absolute atomic E-state index is 0.277. The Balaban J connectivity index is 1.44. The van der Waals surface area contributed by atoms with E-state index < -0.39 is 5.97 Å². The van der Waals surface area contributed by atoms with Crippen LogP contribution < -0.4 is 5.43 Å². The van der Waals surface area contributed by atoms with Crippen LogP contribution in [0.4, 0.5) is 0 Å². The van der Waals surface area contributed by atoms with E-state index in [1.54, 1.807) is 23.6 Å². The number of hydrogen-bond acceptors (Lipinski definition) is 4. The lowest BCUT2D eigenvalue weighted by Gasteiger charge is -2.11. The second-order valence-corrected chi connectivity index (χ2v) is 9.67. The number of rotatable bonds is 5. The van der Waals surface area contributed by atoms with Gasteiger partial charge in [-0.1, -0.05) is 36.4 Å². The molecule has 0 atom stereocenters. The van der Waals surface area contributed by atoms with Crippen molar-refractivity contribution in [3.63, 3.8) is 0 Å². The molecule has 2 aromatic heterocycles. The maximum absolute atomic E-state index is 12.8. The van der Waals surface area contributed by atoms with E-state index in [1.807, 2.05) is 60.9 Å². The number of carbonyl (C=O) groups excluding carboxylic acids is 1. The number of hydrogen-bond donors (Lipinski definition) is 2. The second kappa shape index (κ2) is 8.91. The molecule has 2 aromatic carbocycles. The molecule has 0 spiro atoms. The first kappa shape index (κ1) is 22.1. The van der Waals surface area contributed by atoms with Crippen LogP contribution in [-0.4, -0.2) is 27.8 Å². The summed E-state index contributed by atoms with van der Waals surface area (Å²) in [5.41, 5.74) is 7.27. The molecule has 1 aliphatic carbocycles. The van der Waals surface area contributed by atoms with Crippen LogP contribution in [0.25, 0.3) is 15.8 Å². The fourth-order valence-electron chi connectivity index (χ4n) is 4.80. The van der Waals surface area contributed by atoms with Crippen LogP contribution in [0, 0.1) is 13.8 Å². The molecular formula is C27H25N3O3S. The normalized spacial score (nSPS) is 13.4. The number of thiophene rings is 1. The lowest BCUT2D eigenvalue weighted by atomic mass is 9.95. The van der Waals surface area contributed by atoms with E-state index in [-0.39, 0.29) is 5.91 Å². The fraction of sp³-hybridized carbons (Fsp3) is 0.222. The molecule has 1 aliphatic rings. The van der Waals surface area contributed by atoms with E-state index >= 15 is 0 Å². The minimum Gasteiger partial charge on any atom is -0.478 e. The van der Waals surface area contributed by atoms with Gasteiger partial charge in [-0.25, -0.2) is 10.2 Å². The smallest absolute Gasteiger partial charge is 0.339 e. The van der Waals surface area contributed by atoms with Gasteiger partial charge in [-0.15, -0.1) is 11.3 Å². The molecule has 2 heterocycles. The molecule has 4 aromatic rings. The number of aromatic nitrogens is 1. The average Bonchev–Trinajstić information content (AvgIpc) is 3.34. The Morgan fingerprint density at radius 1 is 1.09 bits per heavy atom. The highest BCUT2D eigenvalue weighted by Crippen LogP contribution is 2.38. The Morgan fingerprint density at radius 3 is 2.68 bits per heavy atom. The number of benzene rings is 2. The van der Waals surface area contributed by atoms with Crippen molar-refractivity contribution in [2.75, 3.05) is 0 Å². The lowest BCUT2D eigenvalue weighted by molar-refractivity contribution is 0.0695. The van der Waals surface area contributed by atoms with Crippen LogP contribution in [0.2, 0.25) is 0 Å². The zero-order valence-electron chi connectivity index (χ0n) is 19.1. The number of nitrogens with zero attached hydrogens (tertiary/aromatic N) is 2. The number of hydrazone groups is 1. The van der Waals surface area contributed by atoms with Gasteiger partial charge in [-0.2, -0.15) is 5.10 Å². The summed E-state index contributed by atoms with van der Waals surface area (Å²) in [5.74, 6) is -1.15. The number of carboxylic acids is 1. The van der Waals surface area contributed by atoms with E-state index in [4.69, 9.17) is 0 Å². The van der Waals surface area contributed by atoms with E-state index in [1.165, 1.54) is 4.88 Å². The number of carbonyl (C=O) groups is 2. The summed E-state index contributed by atoms with van der Waals surface area (Å²) in [7, 11) is 0. The SMILES string of the molecule is Cc1cc(/C=N\NC(=O)c2cccc3ccccc23)c(C)n1-c1sc2c(c1C(=O)O)CCCC2. The summed E-state index contributed by atoms with van der Waals surface area (Å²) < 4.78 is 2.00. The monoisotopic (exact) mass is 471 g/mol. The molecule has 0 saturated heterocycles. The Hall–Kier alpha value is -3.71. The van der Waals surface area contributed by atoms with Crippen molar-refractivity contribution in [2.45, 2.75) is 39.5 Å². The van der Waals surface area contributed by atoms with Crippen molar-refractivity contribution < 1.29 is 14.7 Å². The van der Waals surface area contributed by atoms with Gasteiger partial charge in [0.15, 0.2) is 0 Å². The van der Waals surface area contributed by atoms with Crippen LogP contribution in [0.3, 0.4) is 0 Å². The van der Waals surface area contributed by atoms with Crippen molar-refractivity contribution in [2.24, 2.45) is 5.10 Å². The Labute approximate surface area is 201 Å². The summed E-state index contributed by atoms with van der Waals surface area (Å²) in [6.07, 6.45) is 5.51. The molecular weight excluding hydrogens is 446 g/mol. The standard InChI is InChI=1S/C27H25N3O3S/c1-16-14-19(15-28-29-25(31)21-12-7-9-18-8-3-4-10-20(18)21)17(2)30(16)26-24(27(32)33)22-11-5-6-13-23(22)34-26/h3-4,7-10,12,14-15H,5-6,11,13H2,1-2H3,(H,29,31)(H,32,33)/b28-15-. The predicted octanol–water partition coefficient (Wildman–Crippen LogP) is 5.65. The van der Waals surface area contributed by atoms with E-state index in [2.05, 4.69) is 10.5 Å². The van der Waals surface area contributed by atoms with E-state index in [9.17, 15) is 14.7 Å². The second-order valence-electron chi connectivity index (χ2n) is 8.58. The summed E-state index contributed by atoms with van der Waals surface area (Å²) in [5, 5.41) is 16.8. The van der Waals surface area contributed by atoms with Gasteiger partial charge in [0.25, 0.3) is 5.91 Å². The van der Waals surface area contributed by atoms with Gasteiger partial charge in [0.05, 0.1) is 11.8 Å². The van der Waals surface area contributed by atoms with Gasteiger partial charge in [-0.3, -0.25) is 4.79 Å². The lowest BCUT2D eigenvalue weighted by Crippen LogP contribution is -2.18. The van der Waals surface area contributed by atoms with Crippen LogP contribution in [-0.2, 0) is 12.8 Å². The van der Waals surface area contributed by atoms with Crippen molar-refractivity contribution in [3.8, 4) is 5.00 Å². The van der Waals surface area contributed by atoms with Crippen molar-refractivity contribution in [1.29, 1.82) is 0 Å². The van der Waals surface area contributed by atoms with Crippen LogP contribution >= 0.6 is 11.3 Å². The highest BCUT2D eigenvalue weighted by atomic mass is 32.1. The summed E-state index contributed by atoms with van der Waals surface area (Å²) in [6.45, 7) is 3.91. The first-order valence-corrected chi connectivity index (χ1v) is 12.2. The molecule has 2 N–H and O–H groups in total. The quantitative estimate of drug-likeness (QED) is 0.291. The Bertz CT molecular complexity index is 1460. The van der Waals surface area contributed by atoms with Gasteiger partial charge in [0.1, 0.15) is 5.00 Å². The summed E-state index contributed by atoms with van der Waals surface area (Å²) in [6, 6.07) is 15.3. The number of amides is 1. The van der Waals surface area contributed by atoms with Gasteiger partial charge in [0.2, 0.25) is 0 Å². The third-order valence-electron chi connectivity index (χ3n) is 6.44. The average molecular weight is 472 g/mol. The molecule has 172 valence electrons. The third kappa shape index (κ3) is 3.82. The van der Waals surface area contributed by atoms with Crippen LogP contribution in [0.15, 0.2) is 53.6 Å². The molecule has 5 rings (SSSR count). The summed E-state index contributed by atoms with van der Waals surface area (Å²) in [4.78, 5) is 26.1. The molecule has 0 bridgehead atoms. The van der Waals surface area contributed by atoms with Crippen LogP contribution in [0.5, 0.6) is 0 Å². The van der Waals surface area contributed by atoms with Gasteiger partial charge >= 0.3 is 5.97 Å². The third-order valence-corrected chi connectivity index (χ3v) is 7.72. The Kier molecular flexibility index (Phi) is 5.79. The maximum Gasteiger partial charge on any atom is 0.339 e. The van der Waals surface area contributed by atoms with E-state index in [0.29, 0.717) is 11.1 Å². The summed E-state index contributed by atoms with van der Waals surface area (Å²) >= 11 is 1.58. The number of aryl methyl sites for hydroxylation is 2. The van der Waals surface area contributed by atoms with Gasteiger partial charge in [0, 0.05) is 27.4 Å². The Morgan fingerprint density at radius 2 is 1.85 bits per heavy atom. The molecule has 0 unspecified atom stereocenters. The van der Waals surface area contributed by atoms with E-state index in [0.717, 1.165) is 64.0 Å². The first-order valence-electron chi connectivity index (χ1n) is 11.3. The number of carboxylic acid groups (broad SMARTS) is 1. The van der Waals surface area contributed by atoms with Gasteiger partial charge in [-0.05, 0) is 68.0 Å². The molecule has 1 amide bonds. The minimum atomic E-state index is -0.875. The first-order chi connectivity index (χ1) is 16.5. The van der Waals surface area contributed by atoms with Crippen molar-refractivity contribution >= 4 is 40.2 Å². The highest BCUT2D eigenvalue weighted by Gasteiger charge is 2.27. The molecule has 0 aliphatic heterocycles. The topological polar surface area (TPSA) is 83.7 Å². The van der Waals surface area contributed by atoms with Crippen molar-refractivity contribution in [3.05, 3.63) is 87.0 Å². The molecule has 0 saturated carbocycles.